The van der Waals surface area contributed by atoms with Crippen molar-refractivity contribution in [3.63, 3.8) is 0 Å². The molecule has 0 N–H and O–H groups in total. The molecule has 9 heteroatoms. The molecule has 0 aliphatic rings. The molecule has 120 valence electrons. The molecule has 0 atom stereocenters. The van der Waals surface area contributed by atoms with Crippen molar-refractivity contribution in [3.05, 3.63) is 40.0 Å². The quantitative estimate of drug-likeness (QED) is 0.669. The summed E-state index contributed by atoms with van der Waals surface area (Å²) in [5.74, 6) is -0.465. The number of rotatable bonds is 2. The Kier molecular flexibility index (Phi) is 3.59. The number of fused-ring (bicyclic) bond motifs is 1. The molecule has 0 radical (unpaired) electrons. The fraction of sp³-hybridized carbons (Fsp3) is 0.214. The summed E-state index contributed by atoms with van der Waals surface area (Å²) in [6.45, 7) is 1.81. The zero-order chi connectivity index (χ0) is 16.8. The Morgan fingerprint density at radius 3 is 2.70 bits per heavy atom. The first-order valence-electron chi connectivity index (χ1n) is 6.41. The zero-order valence-corrected chi connectivity index (χ0v) is 12.8. The lowest BCUT2D eigenvalue weighted by atomic mass is 10.1. The van der Waals surface area contributed by atoms with E-state index in [1.54, 1.807) is 13.0 Å². The minimum absolute atomic E-state index is 0.287. The molecule has 3 rings (SSSR count). The Morgan fingerprint density at radius 1 is 1.30 bits per heavy atom. The van der Waals surface area contributed by atoms with E-state index in [1.165, 1.54) is 24.6 Å². The van der Waals surface area contributed by atoms with Crippen LogP contribution in [0, 0.1) is 6.92 Å². The summed E-state index contributed by atoms with van der Waals surface area (Å²) in [6.07, 6.45) is -1.40. The highest BCUT2D eigenvalue weighted by atomic mass is 32.1. The van der Waals surface area contributed by atoms with E-state index >= 15 is 0 Å². The molecule has 0 bridgehead atoms. The Labute approximate surface area is 132 Å². The summed E-state index contributed by atoms with van der Waals surface area (Å²) in [7, 11) is 1.28. The van der Waals surface area contributed by atoms with Gasteiger partial charge in [0.2, 0.25) is 0 Å². The van der Waals surface area contributed by atoms with Gasteiger partial charge in [-0.25, -0.2) is 14.3 Å². The topological polar surface area (TPSA) is 56.5 Å². The van der Waals surface area contributed by atoms with E-state index in [0.29, 0.717) is 16.0 Å². The molecule has 5 nitrogen and oxygen atoms in total. The molecule has 0 aliphatic heterocycles. The Balaban J connectivity index is 2.11. The Hall–Kier alpha value is -2.42. The van der Waals surface area contributed by atoms with Gasteiger partial charge >= 0.3 is 12.1 Å². The smallest absolute Gasteiger partial charge is 0.419 e. The SMILES string of the molecule is COC(=O)c1cc(-c2cnn3cc(C(F)(F)F)cnc23)c(C)s1. The van der Waals surface area contributed by atoms with Gasteiger partial charge in [-0.2, -0.15) is 18.3 Å². The molecule has 0 saturated heterocycles. The van der Waals surface area contributed by atoms with Gasteiger partial charge in [0.1, 0.15) is 4.88 Å². The molecule has 0 fully saturated rings. The van der Waals surface area contributed by atoms with E-state index in [4.69, 9.17) is 0 Å². The number of ether oxygens (including phenoxy) is 1. The predicted octanol–water partition coefficient (Wildman–Crippen LogP) is 3.57. The highest BCUT2D eigenvalue weighted by Crippen LogP contribution is 2.34. The third kappa shape index (κ3) is 2.67. The molecular weight excluding hydrogens is 331 g/mol. The van der Waals surface area contributed by atoms with Crippen LogP contribution < -0.4 is 0 Å². The Bertz CT molecular complexity index is 898. The zero-order valence-electron chi connectivity index (χ0n) is 12.0. The van der Waals surface area contributed by atoms with Crippen LogP contribution in [-0.2, 0) is 10.9 Å². The number of aryl methyl sites for hydroxylation is 1. The largest absolute Gasteiger partial charge is 0.465 e. The summed E-state index contributed by atoms with van der Waals surface area (Å²) in [6, 6.07) is 1.63. The number of halogens is 3. The van der Waals surface area contributed by atoms with Crippen LogP contribution in [0.5, 0.6) is 0 Å². The maximum absolute atomic E-state index is 12.7. The monoisotopic (exact) mass is 341 g/mol. The minimum atomic E-state index is -4.48. The van der Waals surface area contributed by atoms with E-state index < -0.39 is 17.7 Å². The third-order valence-corrected chi connectivity index (χ3v) is 4.31. The highest BCUT2D eigenvalue weighted by Gasteiger charge is 2.32. The number of aromatic nitrogens is 3. The van der Waals surface area contributed by atoms with Gasteiger partial charge in [-0.3, -0.25) is 0 Å². The van der Waals surface area contributed by atoms with Gasteiger partial charge in [-0.15, -0.1) is 11.3 Å². The molecule has 0 aromatic carbocycles. The van der Waals surface area contributed by atoms with Crippen LogP contribution in [0.15, 0.2) is 24.7 Å². The number of hydrogen-bond donors (Lipinski definition) is 0. The van der Waals surface area contributed by atoms with Crippen LogP contribution in [0.4, 0.5) is 13.2 Å². The van der Waals surface area contributed by atoms with Crippen molar-refractivity contribution in [2.24, 2.45) is 0 Å². The van der Waals surface area contributed by atoms with Crippen molar-refractivity contribution in [2.45, 2.75) is 13.1 Å². The fourth-order valence-electron chi connectivity index (χ4n) is 2.16. The maximum atomic E-state index is 12.7. The van der Waals surface area contributed by atoms with Crippen LogP contribution in [0.3, 0.4) is 0 Å². The van der Waals surface area contributed by atoms with Crippen LogP contribution in [-0.4, -0.2) is 27.7 Å². The van der Waals surface area contributed by atoms with Crippen molar-refractivity contribution in [2.75, 3.05) is 7.11 Å². The standard InChI is InChI=1S/C14H10F3N3O2S/c1-7-9(3-11(23-7)13(21)22-2)10-5-19-20-6-8(14(15,16)17)4-18-12(10)20/h3-6H,1-2H3. The highest BCUT2D eigenvalue weighted by molar-refractivity contribution is 7.14. The molecule has 0 saturated carbocycles. The second kappa shape index (κ2) is 5.34. The second-order valence-corrected chi connectivity index (χ2v) is 6.00. The molecule has 23 heavy (non-hydrogen) atoms. The maximum Gasteiger partial charge on any atom is 0.419 e. The van der Waals surface area contributed by atoms with Gasteiger partial charge < -0.3 is 4.74 Å². The minimum Gasteiger partial charge on any atom is -0.465 e. The average Bonchev–Trinajstić information content (AvgIpc) is 3.08. The molecule has 0 aliphatic carbocycles. The summed E-state index contributed by atoms with van der Waals surface area (Å²) < 4.78 is 43.9. The number of esters is 1. The first kappa shape index (κ1) is 15.5. The van der Waals surface area contributed by atoms with Crippen molar-refractivity contribution < 1.29 is 22.7 Å². The molecule has 0 amide bonds. The van der Waals surface area contributed by atoms with Gasteiger partial charge in [0.05, 0.1) is 18.9 Å². The van der Waals surface area contributed by atoms with Gasteiger partial charge in [0.15, 0.2) is 5.65 Å². The van der Waals surface area contributed by atoms with Gasteiger partial charge in [-0.1, -0.05) is 0 Å². The summed E-state index contributed by atoms with van der Waals surface area (Å²) in [5.41, 5.74) is 0.660. The van der Waals surface area contributed by atoms with E-state index in [0.717, 1.165) is 21.8 Å². The third-order valence-electron chi connectivity index (χ3n) is 3.28. The van der Waals surface area contributed by atoms with Crippen molar-refractivity contribution >= 4 is 23.0 Å². The molecule has 3 aromatic rings. The molecular formula is C14H10F3N3O2S. The normalized spacial score (nSPS) is 11.9. The van der Waals surface area contributed by atoms with E-state index in [2.05, 4.69) is 14.8 Å². The number of alkyl halides is 3. The summed E-state index contributed by atoms with van der Waals surface area (Å²) >= 11 is 1.24. The van der Waals surface area contributed by atoms with E-state index in [1.807, 2.05) is 0 Å². The van der Waals surface area contributed by atoms with Crippen LogP contribution in [0.25, 0.3) is 16.8 Å². The number of hydrogen-bond acceptors (Lipinski definition) is 5. The second-order valence-electron chi connectivity index (χ2n) is 4.74. The van der Waals surface area contributed by atoms with Gasteiger partial charge in [-0.05, 0) is 13.0 Å². The van der Waals surface area contributed by atoms with Crippen molar-refractivity contribution in [1.29, 1.82) is 0 Å². The first-order valence-corrected chi connectivity index (χ1v) is 7.22. The lowest BCUT2D eigenvalue weighted by Gasteiger charge is -2.06. The predicted molar refractivity (Wildman–Crippen MR) is 77.4 cm³/mol. The van der Waals surface area contributed by atoms with Crippen LogP contribution in [0.2, 0.25) is 0 Å². The van der Waals surface area contributed by atoms with Crippen LogP contribution >= 0.6 is 11.3 Å². The van der Waals surface area contributed by atoms with Gasteiger partial charge in [0.25, 0.3) is 0 Å². The molecule has 0 spiro atoms. The number of carbonyl (C=O) groups is 1. The molecule has 0 unspecified atom stereocenters. The average molecular weight is 341 g/mol. The van der Waals surface area contributed by atoms with E-state index in [9.17, 15) is 18.0 Å². The number of methoxy groups -OCH3 is 1. The van der Waals surface area contributed by atoms with Crippen LogP contribution in [0.1, 0.15) is 20.1 Å². The molecule has 3 aromatic heterocycles. The lowest BCUT2D eigenvalue weighted by molar-refractivity contribution is -0.138. The first-order chi connectivity index (χ1) is 10.8. The van der Waals surface area contributed by atoms with Crippen molar-refractivity contribution in [3.8, 4) is 11.1 Å². The Morgan fingerprint density at radius 2 is 2.04 bits per heavy atom. The number of thiophene rings is 1. The van der Waals surface area contributed by atoms with Crippen molar-refractivity contribution in [1.82, 2.24) is 14.6 Å². The fourth-order valence-corrected chi connectivity index (χ4v) is 3.11. The number of carbonyl (C=O) groups excluding carboxylic acids is 1. The number of nitrogens with zero attached hydrogens (tertiary/aromatic N) is 3. The lowest BCUT2D eigenvalue weighted by Crippen LogP contribution is -2.07. The van der Waals surface area contributed by atoms with Gasteiger partial charge in [0, 0.05) is 28.4 Å². The summed E-state index contributed by atoms with van der Waals surface area (Å²) in [5, 5.41) is 3.93. The summed E-state index contributed by atoms with van der Waals surface area (Å²) in [4.78, 5) is 16.7. The molecule has 3 heterocycles. The van der Waals surface area contributed by atoms with E-state index in [-0.39, 0.29) is 5.65 Å².